The van der Waals surface area contributed by atoms with Crippen molar-refractivity contribution in [2.45, 2.75) is 30.6 Å². The lowest BCUT2D eigenvalue weighted by Crippen LogP contribution is -2.39. The number of nitrogens with one attached hydrogen (secondary N) is 1. The van der Waals surface area contributed by atoms with Crippen LogP contribution in [0, 0.1) is 0 Å². The van der Waals surface area contributed by atoms with E-state index >= 15 is 0 Å². The Hall–Kier alpha value is -0.100. The molecule has 2 atom stereocenters. The van der Waals surface area contributed by atoms with Crippen molar-refractivity contribution >= 4 is 32.8 Å². The highest BCUT2D eigenvalue weighted by Crippen LogP contribution is 2.36. The van der Waals surface area contributed by atoms with E-state index in [9.17, 15) is 8.42 Å². The van der Waals surface area contributed by atoms with Crippen molar-refractivity contribution in [3.8, 4) is 0 Å². The van der Waals surface area contributed by atoms with Crippen molar-refractivity contribution in [2.24, 2.45) is 0 Å². The van der Waals surface area contributed by atoms with Crippen LogP contribution in [0.5, 0.6) is 0 Å². The number of hydrogen-bond donors (Lipinski definition) is 1. The summed E-state index contributed by atoms with van der Waals surface area (Å²) >= 11 is 7.62. The number of sulfone groups is 1. The molecule has 0 saturated carbocycles. The number of rotatable bonds is 3. The zero-order valence-electron chi connectivity index (χ0n) is 9.65. The Bertz CT molecular complexity index is 483. The quantitative estimate of drug-likeness (QED) is 0.932. The molecule has 1 aromatic heterocycles. The average Bonchev–Trinajstić information content (AvgIpc) is 2.68. The highest BCUT2D eigenvalue weighted by molar-refractivity contribution is 7.92. The van der Waals surface area contributed by atoms with Crippen LogP contribution in [0.4, 0.5) is 0 Å². The Morgan fingerprint density at radius 1 is 1.53 bits per heavy atom. The van der Waals surface area contributed by atoms with Gasteiger partial charge in [0.05, 0.1) is 22.1 Å². The molecule has 0 aliphatic carbocycles. The molecule has 2 heterocycles. The van der Waals surface area contributed by atoms with Crippen LogP contribution in [-0.2, 0) is 9.84 Å². The summed E-state index contributed by atoms with van der Waals surface area (Å²) in [7, 11) is -1.20. The van der Waals surface area contributed by atoms with E-state index < -0.39 is 9.84 Å². The van der Waals surface area contributed by atoms with E-state index in [1.54, 1.807) is 7.05 Å². The summed E-state index contributed by atoms with van der Waals surface area (Å²) < 4.78 is 24.2. The zero-order chi connectivity index (χ0) is 12.5. The Morgan fingerprint density at radius 2 is 2.29 bits per heavy atom. The van der Waals surface area contributed by atoms with Crippen LogP contribution in [0.25, 0.3) is 0 Å². The molecule has 1 fully saturated rings. The van der Waals surface area contributed by atoms with Gasteiger partial charge in [0.2, 0.25) is 0 Å². The van der Waals surface area contributed by atoms with E-state index in [0.29, 0.717) is 10.8 Å². The molecule has 1 aromatic rings. The van der Waals surface area contributed by atoms with Gasteiger partial charge in [-0.2, -0.15) is 0 Å². The molecule has 17 heavy (non-hydrogen) atoms. The van der Waals surface area contributed by atoms with Crippen molar-refractivity contribution in [1.82, 2.24) is 5.32 Å². The van der Waals surface area contributed by atoms with Crippen molar-refractivity contribution in [2.75, 3.05) is 12.8 Å². The van der Waals surface area contributed by atoms with Crippen molar-refractivity contribution in [1.29, 1.82) is 0 Å². The maximum absolute atomic E-state index is 12.1. The van der Waals surface area contributed by atoms with Crippen LogP contribution in [0.1, 0.15) is 30.2 Å². The minimum atomic E-state index is -2.99. The highest BCUT2D eigenvalue weighted by atomic mass is 35.5. The van der Waals surface area contributed by atoms with E-state index in [1.165, 1.54) is 11.3 Å². The second kappa shape index (κ2) is 5.26. The standard InChI is InChI=1S/C11H16ClNO2S2/c1-13-10(11-8(12)5-6-16-11)9-4-2-3-7-17(9,14)15/h5-6,9-10,13H,2-4,7H2,1H3. The van der Waals surface area contributed by atoms with Crippen LogP contribution in [0.3, 0.4) is 0 Å². The van der Waals surface area contributed by atoms with Gasteiger partial charge in [-0.1, -0.05) is 18.0 Å². The first-order valence-electron chi connectivity index (χ1n) is 5.68. The molecule has 0 radical (unpaired) electrons. The first kappa shape index (κ1) is 13.3. The SMILES string of the molecule is CNC(c1sccc1Cl)C1CCCCS1(=O)=O. The fourth-order valence-corrected chi connectivity index (χ4v) is 5.92. The van der Waals surface area contributed by atoms with Crippen LogP contribution < -0.4 is 5.32 Å². The maximum atomic E-state index is 12.1. The molecule has 0 spiro atoms. The summed E-state index contributed by atoms with van der Waals surface area (Å²) in [6.07, 6.45) is 2.49. The predicted molar refractivity (Wildman–Crippen MR) is 72.6 cm³/mol. The molecule has 1 N–H and O–H groups in total. The predicted octanol–water partition coefficient (Wildman–Crippen LogP) is 2.63. The largest absolute Gasteiger partial charge is 0.311 e. The van der Waals surface area contributed by atoms with E-state index in [4.69, 9.17) is 11.6 Å². The van der Waals surface area contributed by atoms with Gasteiger partial charge in [0.15, 0.2) is 9.84 Å². The maximum Gasteiger partial charge on any atom is 0.155 e. The molecule has 3 nitrogen and oxygen atoms in total. The van der Waals surface area contributed by atoms with Crippen molar-refractivity contribution < 1.29 is 8.42 Å². The lowest BCUT2D eigenvalue weighted by atomic mass is 10.1. The minimum absolute atomic E-state index is 0.173. The molecule has 96 valence electrons. The average molecular weight is 294 g/mol. The van der Waals surface area contributed by atoms with E-state index in [0.717, 1.165) is 24.1 Å². The second-order valence-corrected chi connectivity index (χ2v) is 7.99. The van der Waals surface area contributed by atoms with Crippen molar-refractivity contribution in [3.63, 3.8) is 0 Å². The number of thiophene rings is 1. The van der Waals surface area contributed by atoms with Gasteiger partial charge in [-0.25, -0.2) is 8.42 Å². The zero-order valence-corrected chi connectivity index (χ0v) is 12.0. The molecule has 0 aromatic carbocycles. The summed E-state index contributed by atoms with van der Waals surface area (Å²) in [6.45, 7) is 0. The van der Waals surface area contributed by atoms with Crippen molar-refractivity contribution in [3.05, 3.63) is 21.3 Å². The molecule has 1 aliphatic rings. The molecule has 2 rings (SSSR count). The normalized spacial score (nSPS) is 25.6. The van der Waals surface area contributed by atoms with Gasteiger partial charge in [-0.15, -0.1) is 11.3 Å². The summed E-state index contributed by atoms with van der Waals surface area (Å²) in [5, 5.41) is 5.34. The third-order valence-corrected chi connectivity index (χ3v) is 6.97. The minimum Gasteiger partial charge on any atom is -0.311 e. The van der Waals surface area contributed by atoms with Crippen LogP contribution in [-0.4, -0.2) is 26.5 Å². The fraction of sp³-hybridized carbons (Fsp3) is 0.636. The smallest absolute Gasteiger partial charge is 0.155 e. The Balaban J connectivity index is 2.33. The van der Waals surface area contributed by atoms with Gasteiger partial charge >= 0.3 is 0 Å². The van der Waals surface area contributed by atoms with Gasteiger partial charge in [0.25, 0.3) is 0 Å². The molecule has 1 saturated heterocycles. The number of halogens is 1. The first-order valence-corrected chi connectivity index (χ1v) is 8.65. The number of hydrogen-bond acceptors (Lipinski definition) is 4. The summed E-state index contributed by atoms with van der Waals surface area (Å²) in [6, 6.07) is 1.65. The summed E-state index contributed by atoms with van der Waals surface area (Å²) in [4.78, 5) is 0.935. The molecule has 2 unspecified atom stereocenters. The van der Waals surface area contributed by atoms with Gasteiger partial charge in [0, 0.05) is 4.88 Å². The second-order valence-electron chi connectivity index (χ2n) is 4.30. The third kappa shape index (κ3) is 2.67. The first-order chi connectivity index (χ1) is 8.06. The van der Waals surface area contributed by atoms with E-state index in [-0.39, 0.29) is 11.3 Å². The Morgan fingerprint density at radius 3 is 2.82 bits per heavy atom. The molecule has 0 bridgehead atoms. The topological polar surface area (TPSA) is 46.2 Å². The monoisotopic (exact) mass is 293 g/mol. The summed E-state index contributed by atoms with van der Waals surface area (Å²) in [5.41, 5.74) is 0. The summed E-state index contributed by atoms with van der Waals surface area (Å²) in [5.74, 6) is 0.304. The molecule has 6 heteroatoms. The van der Waals surface area contributed by atoms with Gasteiger partial charge in [0.1, 0.15) is 0 Å². The molecule has 0 amide bonds. The fourth-order valence-electron chi connectivity index (χ4n) is 2.37. The van der Waals surface area contributed by atoms with E-state index in [2.05, 4.69) is 5.32 Å². The van der Waals surface area contributed by atoms with E-state index in [1.807, 2.05) is 11.4 Å². The molecular formula is C11H16ClNO2S2. The molecule has 1 aliphatic heterocycles. The van der Waals surface area contributed by atoms with Gasteiger partial charge in [-0.3, -0.25) is 0 Å². The lowest BCUT2D eigenvalue weighted by Gasteiger charge is -2.29. The van der Waals surface area contributed by atoms with Crippen LogP contribution >= 0.6 is 22.9 Å². The van der Waals surface area contributed by atoms with Gasteiger partial charge in [-0.05, 0) is 31.3 Å². The lowest BCUT2D eigenvalue weighted by molar-refractivity contribution is 0.473. The van der Waals surface area contributed by atoms with Crippen LogP contribution in [0.2, 0.25) is 5.02 Å². The highest BCUT2D eigenvalue weighted by Gasteiger charge is 2.36. The Labute approximate surface area is 111 Å². The third-order valence-electron chi connectivity index (χ3n) is 3.24. The van der Waals surface area contributed by atoms with Gasteiger partial charge < -0.3 is 5.32 Å². The Kier molecular flexibility index (Phi) is 4.13. The molecular weight excluding hydrogens is 278 g/mol. The van der Waals surface area contributed by atoms with Crippen LogP contribution in [0.15, 0.2) is 11.4 Å².